The topological polar surface area (TPSA) is 12.0 Å². The van der Waals surface area contributed by atoms with Gasteiger partial charge in [-0.2, -0.15) is 0 Å². The minimum atomic E-state index is -0.130. The quantitative estimate of drug-likeness (QED) is 0.705. The fourth-order valence-electron chi connectivity index (χ4n) is 1.62. The largest absolute Gasteiger partial charge is 0.316 e. The molecule has 64 valence electrons. The van der Waals surface area contributed by atoms with Gasteiger partial charge in [-0.25, -0.2) is 4.39 Å². The van der Waals surface area contributed by atoms with Gasteiger partial charge in [0, 0.05) is 12.0 Å². The molecule has 12 heavy (non-hydrogen) atoms. The average molecular weight is 165 g/mol. The van der Waals surface area contributed by atoms with Crippen molar-refractivity contribution in [3.63, 3.8) is 0 Å². The van der Waals surface area contributed by atoms with Crippen molar-refractivity contribution < 1.29 is 4.39 Å². The minimum Gasteiger partial charge on any atom is -0.316 e. The van der Waals surface area contributed by atoms with Crippen LogP contribution >= 0.6 is 0 Å². The Kier molecular flexibility index (Phi) is 1.85. The number of halogens is 1. The molecule has 1 saturated carbocycles. The highest BCUT2D eigenvalue weighted by molar-refractivity contribution is 5.28. The van der Waals surface area contributed by atoms with Crippen LogP contribution in [0.25, 0.3) is 0 Å². The molecule has 0 radical (unpaired) electrons. The lowest BCUT2D eigenvalue weighted by Crippen LogP contribution is -2.10. The van der Waals surface area contributed by atoms with E-state index in [1.165, 1.54) is 6.07 Å². The van der Waals surface area contributed by atoms with Crippen LogP contribution in [0.15, 0.2) is 24.3 Å². The lowest BCUT2D eigenvalue weighted by molar-refractivity contribution is 0.625. The molecule has 2 rings (SSSR count). The van der Waals surface area contributed by atoms with Crippen LogP contribution in [-0.2, 0) is 0 Å². The third-order valence-corrected chi connectivity index (χ3v) is 2.44. The van der Waals surface area contributed by atoms with Crippen LogP contribution in [0.3, 0.4) is 0 Å². The van der Waals surface area contributed by atoms with Crippen LogP contribution in [0, 0.1) is 5.82 Å². The van der Waals surface area contributed by atoms with Crippen molar-refractivity contribution in [2.24, 2.45) is 0 Å². The molecule has 1 nitrogen and oxygen atoms in total. The molecule has 1 aliphatic rings. The SMILES string of the molecule is CNC1CC1c1cccc(F)c1. The first-order chi connectivity index (χ1) is 5.81. The van der Waals surface area contributed by atoms with E-state index in [-0.39, 0.29) is 5.82 Å². The highest BCUT2D eigenvalue weighted by Gasteiger charge is 2.36. The second kappa shape index (κ2) is 2.87. The monoisotopic (exact) mass is 165 g/mol. The van der Waals surface area contributed by atoms with Gasteiger partial charge in [0.1, 0.15) is 5.82 Å². The Labute approximate surface area is 71.6 Å². The maximum atomic E-state index is 12.8. The molecule has 0 spiro atoms. The van der Waals surface area contributed by atoms with Gasteiger partial charge in [0.15, 0.2) is 0 Å². The van der Waals surface area contributed by atoms with Crippen LogP contribution in [0.2, 0.25) is 0 Å². The van der Waals surface area contributed by atoms with Crippen molar-refractivity contribution in [3.05, 3.63) is 35.6 Å². The van der Waals surface area contributed by atoms with Crippen molar-refractivity contribution in [3.8, 4) is 0 Å². The van der Waals surface area contributed by atoms with Crippen LogP contribution in [0.5, 0.6) is 0 Å². The highest BCUT2D eigenvalue weighted by atomic mass is 19.1. The molecule has 1 aromatic carbocycles. The molecule has 1 N–H and O–H groups in total. The summed E-state index contributed by atoms with van der Waals surface area (Å²) in [5.41, 5.74) is 1.12. The molecule has 0 heterocycles. The van der Waals surface area contributed by atoms with E-state index >= 15 is 0 Å². The number of benzene rings is 1. The number of rotatable bonds is 2. The van der Waals surface area contributed by atoms with Gasteiger partial charge in [-0.1, -0.05) is 12.1 Å². The fourth-order valence-corrected chi connectivity index (χ4v) is 1.62. The molecule has 1 aliphatic carbocycles. The van der Waals surface area contributed by atoms with Crippen molar-refractivity contribution in [1.29, 1.82) is 0 Å². The molecule has 0 saturated heterocycles. The summed E-state index contributed by atoms with van der Waals surface area (Å²) in [6, 6.07) is 7.44. The molecule has 0 bridgehead atoms. The van der Waals surface area contributed by atoms with Crippen LogP contribution in [0.1, 0.15) is 17.9 Å². The van der Waals surface area contributed by atoms with E-state index in [2.05, 4.69) is 5.32 Å². The first-order valence-electron chi connectivity index (χ1n) is 4.24. The predicted octanol–water partition coefficient (Wildman–Crippen LogP) is 1.90. The second-order valence-corrected chi connectivity index (χ2v) is 3.29. The van der Waals surface area contributed by atoms with Crippen molar-refractivity contribution in [2.75, 3.05) is 7.05 Å². The van der Waals surface area contributed by atoms with Crippen LogP contribution in [-0.4, -0.2) is 13.1 Å². The highest BCUT2D eigenvalue weighted by Crippen LogP contribution is 2.40. The standard InChI is InChI=1S/C10H12FN/c1-12-10-6-9(10)7-3-2-4-8(11)5-7/h2-5,9-10,12H,6H2,1H3. The predicted molar refractivity (Wildman–Crippen MR) is 46.6 cm³/mol. The zero-order valence-electron chi connectivity index (χ0n) is 7.05. The molecule has 0 amide bonds. The van der Waals surface area contributed by atoms with Crippen LogP contribution < -0.4 is 5.32 Å². The molecule has 1 aromatic rings. The normalized spacial score (nSPS) is 27.2. The molecular formula is C10H12FN. The summed E-state index contributed by atoms with van der Waals surface area (Å²) in [7, 11) is 1.95. The van der Waals surface area contributed by atoms with Gasteiger partial charge in [0.2, 0.25) is 0 Å². The number of nitrogens with one attached hydrogen (secondary N) is 1. The Hall–Kier alpha value is -0.890. The molecule has 2 heteroatoms. The van der Waals surface area contributed by atoms with Crippen molar-refractivity contribution in [2.45, 2.75) is 18.4 Å². The van der Waals surface area contributed by atoms with Gasteiger partial charge >= 0.3 is 0 Å². The Morgan fingerprint density at radius 1 is 1.50 bits per heavy atom. The van der Waals surface area contributed by atoms with E-state index < -0.39 is 0 Å². The van der Waals surface area contributed by atoms with Gasteiger partial charge in [0.05, 0.1) is 0 Å². The minimum absolute atomic E-state index is 0.130. The summed E-state index contributed by atoms with van der Waals surface area (Å²) in [5.74, 6) is 0.403. The van der Waals surface area contributed by atoms with E-state index in [0.29, 0.717) is 12.0 Å². The van der Waals surface area contributed by atoms with Crippen molar-refractivity contribution in [1.82, 2.24) is 5.32 Å². The zero-order chi connectivity index (χ0) is 8.55. The maximum absolute atomic E-state index is 12.8. The smallest absolute Gasteiger partial charge is 0.123 e. The second-order valence-electron chi connectivity index (χ2n) is 3.29. The van der Waals surface area contributed by atoms with Gasteiger partial charge in [-0.3, -0.25) is 0 Å². The molecule has 2 atom stereocenters. The Morgan fingerprint density at radius 3 is 2.92 bits per heavy atom. The van der Waals surface area contributed by atoms with E-state index in [4.69, 9.17) is 0 Å². The summed E-state index contributed by atoms with van der Waals surface area (Å²) in [6.45, 7) is 0. The van der Waals surface area contributed by atoms with E-state index in [0.717, 1.165) is 12.0 Å². The number of hydrogen-bond donors (Lipinski definition) is 1. The summed E-state index contributed by atoms with van der Waals surface area (Å²) in [5, 5.41) is 3.18. The summed E-state index contributed by atoms with van der Waals surface area (Å²) >= 11 is 0. The number of hydrogen-bond acceptors (Lipinski definition) is 1. The molecule has 0 aliphatic heterocycles. The Morgan fingerprint density at radius 2 is 2.33 bits per heavy atom. The molecule has 2 unspecified atom stereocenters. The maximum Gasteiger partial charge on any atom is 0.123 e. The van der Waals surface area contributed by atoms with Gasteiger partial charge in [-0.15, -0.1) is 0 Å². The average Bonchev–Trinajstić information content (AvgIpc) is 2.83. The first-order valence-corrected chi connectivity index (χ1v) is 4.24. The summed E-state index contributed by atoms with van der Waals surface area (Å²) in [6.07, 6.45) is 1.14. The third kappa shape index (κ3) is 1.34. The summed E-state index contributed by atoms with van der Waals surface area (Å²) in [4.78, 5) is 0. The Bertz CT molecular complexity index is 285. The first kappa shape index (κ1) is 7.74. The third-order valence-electron chi connectivity index (χ3n) is 2.44. The van der Waals surface area contributed by atoms with E-state index in [9.17, 15) is 4.39 Å². The fraction of sp³-hybridized carbons (Fsp3) is 0.400. The van der Waals surface area contributed by atoms with Crippen molar-refractivity contribution >= 4 is 0 Å². The molecule has 0 aromatic heterocycles. The number of likely N-dealkylation sites (N-methyl/N-ethyl adjacent to an activating group) is 1. The lowest BCUT2D eigenvalue weighted by Gasteiger charge is -1.98. The zero-order valence-corrected chi connectivity index (χ0v) is 7.05. The van der Waals surface area contributed by atoms with Crippen LogP contribution in [0.4, 0.5) is 4.39 Å². The lowest BCUT2D eigenvalue weighted by atomic mass is 10.1. The Balaban J connectivity index is 2.14. The molecule has 1 fully saturated rings. The van der Waals surface area contributed by atoms with Gasteiger partial charge in [-0.05, 0) is 31.2 Å². The van der Waals surface area contributed by atoms with E-state index in [1.54, 1.807) is 12.1 Å². The van der Waals surface area contributed by atoms with Gasteiger partial charge < -0.3 is 5.32 Å². The summed E-state index contributed by atoms with van der Waals surface area (Å²) < 4.78 is 12.8. The van der Waals surface area contributed by atoms with E-state index in [1.807, 2.05) is 13.1 Å². The van der Waals surface area contributed by atoms with Gasteiger partial charge in [0.25, 0.3) is 0 Å². The molecular weight excluding hydrogens is 153 g/mol.